The van der Waals surface area contributed by atoms with Crippen LogP contribution in [-0.4, -0.2) is 21.8 Å². The van der Waals surface area contributed by atoms with Crippen LogP contribution >= 0.6 is 0 Å². The van der Waals surface area contributed by atoms with E-state index in [1.165, 1.54) is 0 Å². The van der Waals surface area contributed by atoms with Gasteiger partial charge in [-0.1, -0.05) is 61.5 Å². The summed E-state index contributed by atoms with van der Waals surface area (Å²) >= 11 is 0. The van der Waals surface area contributed by atoms with Crippen LogP contribution in [0.5, 0.6) is 0 Å². The van der Waals surface area contributed by atoms with Crippen molar-refractivity contribution in [3.05, 3.63) is 60.2 Å². The van der Waals surface area contributed by atoms with Crippen LogP contribution in [0.3, 0.4) is 0 Å². The molecule has 3 rings (SSSR count). The zero-order valence-electron chi connectivity index (χ0n) is 14.0. The Balaban J connectivity index is 2.06. The lowest BCUT2D eigenvalue weighted by Gasteiger charge is -2.39. The summed E-state index contributed by atoms with van der Waals surface area (Å²) in [6, 6.07) is 17.3. The first kappa shape index (κ1) is 16.7. The number of aliphatic carboxylic acids is 1. The lowest BCUT2D eigenvalue weighted by molar-refractivity contribution is -0.148. The number of aliphatic hydroxyl groups is 1. The molecule has 3 nitrogen and oxygen atoms in total. The second kappa shape index (κ2) is 6.78. The fourth-order valence-electron chi connectivity index (χ4n) is 3.83. The number of hydrogen-bond acceptors (Lipinski definition) is 2. The van der Waals surface area contributed by atoms with Crippen LogP contribution in [0.2, 0.25) is 0 Å². The molecule has 1 fully saturated rings. The average molecular weight is 324 g/mol. The van der Waals surface area contributed by atoms with Crippen LogP contribution in [0, 0.1) is 5.92 Å². The number of hydrogen-bond donors (Lipinski definition) is 2. The third-order valence-corrected chi connectivity index (χ3v) is 5.28. The summed E-state index contributed by atoms with van der Waals surface area (Å²) in [5.74, 6) is -1.30. The molecule has 0 aromatic heterocycles. The van der Waals surface area contributed by atoms with Crippen LogP contribution in [0.4, 0.5) is 0 Å². The molecule has 0 bridgehead atoms. The van der Waals surface area contributed by atoms with E-state index in [0.717, 1.165) is 24.0 Å². The molecule has 1 aliphatic rings. The topological polar surface area (TPSA) is 57.5 Å². The summed E-state index contributed by atoms with van der Waals surface area (Å²) < 4.78 is 0. The van der Waals surface area contributed by atoms with Crippen molar-refractivity contribution in [1.82, 2.24) is 0 Å². The summed E-state index contributed by atoms with van der Waals surface area (Å²) in [5, 5.41) is 21.1. The molecule has 1 saturated carbocycles. The van der Waals surface area contributed by atoms with Crippen molar-refractivity contribution >= 4 is 5.97 Å². The predicted octanol–water partition coefficient (Wildman–Crippen LogP) is 4.46. The first-order chi connectivity index (χ1) is 11.5. The lowest BCUT2D eigenvalue weighted by atomic mass is 9.69. The molecule has 0 radical (unpaired) electrons. The van der Waals surface area contributed by atoms with E-state index in [1.54, 1.807) is 0 Å². The SMILES string of the molecule is CC1CCC(O)(C(C(=O)O)c2ccccc2-c2ccccc2)CC1. The average Bonchev–Trinajstić information content (AvgIpc) is 2.59. The van der Waals surface area contributed by atoms with E-state index in [2.05, 4.69) is 6.92 Å². The maximum atomic E-state index is 12.1. The largest absolute Gasteiger partial charge is 0.481 e. The Morgan fingerprint density at radius 1 is 1.04 bits per heavy atom. The molecule has 3 heteroatoms. The van der Waals surface area contributed by atoms with E-state index < -0.39 is 17.5 Å². The summed E-state index contributed by atoms with van der Waals surface area (Å²) in [5.41, 5.74) is 1.39. The van der Waals surface area contributed by atoms with Gasteiger partial charge in [0.05, 0.1) is 5.60 Å². The number of carboxylic acids is 1. The molecular weight excluding hydrogens is 300 g/mol. The van der Waals surface area contributed by atoms with Gasteiger partial charge in [-0.2, -0.15) is 0 Å². The Morgan fingerprint density at radius 2 is 1.62 bits per heavy atom. The van der Waals surface area contributed by atoms with Gasteiger partial charge in [0, 0.05) is 0 Å². The predicted molar refractivity (Wildman–Crippen MR) is 94.8 cm³/mol. The standard InChI is InChI=1S/C21H24O3/c1-15-11-13-21(24,14-12-15)19(20(22)23)18-10-6-5-9-17(18)16-7-3-2-4-8-16/h2-10,15,19,24H,11-14H2,1H3,(H,22,23). The minimum absolute atomic E-state index is 0.536. The van der Waals surface area contributed by atoms with Gasteiger partial charge in [0.15, 0.2) is 0 Å². The maximum absolute atomic E-state index is 12.1. The van der Waals surface area contributed by atoms with Crippen LogP contribution in [0.1, 0.15) is 44.1 Å². The number of benzene rings is 2. The third kappa shape index (κ3) is 3.22. The van der Waals surface area contributed by atoms with Crippen molar-refractivity contribution in [2.24, 2.45) is 5.92 Å². The molecule has 0 aliphatic heterocycles. The minimum atomic E-state index is -1.18. The Labute approximate surface area is 143 Å². The molecular formula is C21H24O3. The molecule has 24 heavy (non-hydrogen) atoms. The second-order valence-electron chi connectivity index (χ2n) is 7.01. The monoisotopic (exact) mass is 324 g/mol. The van der Waals surface area contributed by atoms with Crippen LogP contribution in [0.25, 0.3) is 11.1 Å². The highest BCUT2D eigenvalue weighted by Gasteiger charge is 2.45. The molecule has 2 aromatic rings. The summed E-state index contributed by atoms with van der Waals surface area (Å²) in [6.07, 6.45) is 2.81. The van der Waals surface area contributed by atoms with Gasteiger partial charge in [0.2, 0.25) is 0 Å². The molecule has 2 aromatic carbocycles. The van der Waals surface area contributed by atoms with Crippen molar-refractivity contribution < 1.29 is 15.0 Å². The second-order valence-corrected chi connectivity index (χ2v) is 7.01. The first-order valence-electron chi connectivity index (χ1n) is 8.61. The third-order valence-electron chi connectivity index (χ3n) is 5.28. The van der Waals surface area contributed by atoms with Gasteiger partial charge in [-0.3, -0.25) is 4.79 Å². The van der Waals surface area contributed by atoms with E-state index in [4.69, 9.17) is 0 Å². The Hall–Kier alpha value is -2.13. The molecule has 1 atom stereocenters. The van der Waals surface area contributed by atoms with Gasteiger partial charge < -0.3 is 10.2 Å². The highest BCUT2D eigenvalue weighted by atomic mass is 16.4. The Morgan fingerprint density at radius 3 is 2.25 bits per heavy atom. The van der Waals surface area contributed by atoms with E-state index in [-0.39, 0.29) is 0 Å². The van der Waals surface area contributed by atoms with Crippen molar-refractivity contribution in [3.63, 3.8) is 0 Å². The molecule has 0 amide bonds. The molecule has 1 aliphatic carbocycles. The minimum Gasteiger partial charge on any atom is -0.481 e. The highest BCUT2D eigenvalue weighted by Crippen LogP contribution is 2.44. The van der Waals surface area contributed by atoms with Crippen LogP contribution in [-0.2, 0) is 4.79 Å². The normalized spacial score (nSPS) is 25.2. The van der Waals surface area contributed by atoms with E-state index in [9.17, 15) is 15.0 Å². The lowest BCUT2D eigenvalue weighted by Crippen LogP contribution is -2.43. The number of carbonyl (C=O) groups is 1. The van der Waals surface area contributed by atoms with Gasteiger partial charge in [-0.05, 0) is 48.3 Å². The smallest absolute Gasteiger partial charge is 0.313 e. The molecule has 0 spiro atoms. The van der Waals surface area contributed by atoms with E-state index >= 15 is 0 Å². The van der Waals surface area contributed by atoms with E-state index in [1.807, 2.05) is 54.6 Å². The maximum Gasteiger partial charge on any atom is 0.313 e. The number of carboxylic acid groups (broad SMARTS) is 1. The molecule has 0 saturated heterocycles. The van der Waals surface area contributed by atoms with Crippen molar-refractivity contribution in [2.45, 2.75) is 44.1 Å². The van der Waals surface area contributed by atoms with Crippen LogP contribution in [0.15, 0.2) is 54.6 Å². The highest BCUT2D eigenvalue weighted by molar-refractivity contribution is 5.82. The van der Waals surface area contributed by atoms with Crippen molar-refractivity contribution in [1.29, 1.82) is 0 Å². The zero-order chi connectivity index (χ0) is 17.2. The molecule has 2 N–H and O–H groups in total. The van der Waals surface area contributed by atoms with Crippen molar-refractivity contribution in [2.75, 3.05) is 0 Å². The fourth-order valence-corrected chi connectivity index (χ4v) is 3.83. The van der Waals surface area contributed by atoms with Gasteiger partial charge >= 0.3 is 5.97 Å². The summed E-state index contributed by atoms with van der Waals surface area (Å²) in [7, 11) is 0. The quantitative estimate of drug-likeness (QED) is 0.873. The zero-order valence-corrected chi connectivity index (χ0v) is 14.0. The van der Waals surface area contributed by atoms with Gasteiger partial charge in [0.1, 0.15) is 5.92 Å². The summed E-state index contributed by atoms with van der Waals surface area (Å²) in [6.45, 7) is 2.16. The van der Waals surface area contributed by atoms with Gasteiger partial charge in [-0.25, -0.2) is 0 Å². The van der Waals surface area contributed by atoms with Crippen LogP contribution < -0.4 is 0 Å². The Bertz CT molecular complexity index is 700. The first-order valence-corrected chi connectivity index (χ1v) is 8.61. The fraction of sp³-hybridized carbons (Fsp3) is 0.381. The van der Waals surface area contributed by atoms with E-state index in [0.29, 0.717) is 24.3 Å². The molecule has 0 heterocycles. The number of rotatable bonds is 4. The summed E-state index contributed by atoms with van der Waals surface area (Å²) in [4.78, 5) is 12.1. The van der Waals surface area contributed by atoms with Crippen molar-refractivity contribution in [3.8, 4) is 11.1 Å². The Kier molecular flexibility index (Phi) is 4.72. The van der Waals surface area contributed by atoms with Gasteiger partial charge in [-0.15, -0.1) is 0 Å². The van der Waals surface area contributed by atoms with Gasteiger partial charge in [0.25, 0.3) is 0 Å². The molecule has 1 unspecified atom stereocenters. The molecule has 126 valence electrons.